The van der Waals surface area contributed by atoms with Crippen LogP contribution in [0.15, 0.2) is 29.3 Å². The molecule has 0 atom stereocenters. The van der Waals surface area contributed by atoms with Crippen molar-refractivity contribution in [1.29, 1.82) is 0 Å². The molecular formula is C19H23ClO4. The minimum atomic E-state index is -0.820. The fraction of sp³-hybridized carbons (Fsp3) is 0.526. The first kappa shape index (κ1) is 17.3. The molecule has 0 saturated heterocycles. The number of hydrogen-bond acceptors (Lipinski definition) is 3. The number of hydrogen-bond donors (Lipinski definition) is 1. The standard InChI is InChI=1S/C19H23ClO4/c20-18-10-16(6-4-14(18)5-7-19(21)22)24-12-15-11-23-9-8-17(15)13-2-1-3-13/h4,6,10,13H,1-3,5,7-9,11-12H2,(H,21,22). The van der Waals surface area contributed by atoms with Crippen molar-refractivity contribution in [3.05, 3.63) is 39.9 Å². The van der Waals surface area contributed by atoms with E-state index in [0.717, 1.165) is 24.5 Å². The first-order valence-electron chi connectivity index (χ1n) is 8.55. The van der Waals surface area contributed by atoms with Gasteiger partial charge in [-0.3, -0.25) is 4.79 Å². The van der Waals surface area contributed by atoms with Crippen LogP contribution in [0.5, 0.6) is 5.75 Å². The van der Waals surface area contributed by atoms with Crippen LogP contribution in [0.25, 0.3) is 0 Å². The maximum atomic E-state index is 10.7. The minimum Gasteiger partial charge on any atom is -0.489 e. The highest BCUT2D eigenvalue weighted by Gasteiger charge is 2.26. The Kier molecular flexibility index (Phi) is 5.80. The summed E-state index contributed by atoms with van der Waals surface area (Å²) in [6.07, 6.45) is 5.45. The van der Waals surface area contributed by atoms with Gasteiger partial charge in [-0.15, -0.1) is 0 Å². The maximum Gasteiger partial charge on any atom is 0.303 e. The predicted octanol–water partition coefficient (Wildman–Crippen LogP) is 4.25. The smallest absolute Gasteiger partial charge is 0.303 e. The summed E-state index contributed by atoms with van der Waals surface area (Å²) in [5.74, 6) is 0.624. The van der Waals surface area contributed by atoms with Gasteiger partial charge in [0.25, 0.3) is 0 Å². The average Bonchev–Trinajstić information content (AvgIpc) is 2.51. The van der Waals surface area contributed by atoms with Gasteiger partial charge in [-0.1, -0.05) is 29.7 Å². The summed E-state index contributed by atoms with van der Waals surface area (Å²) in [4.78, 5) is 10.7. The summed E-state index contributed by atoms with van der Waals surface area (Å²) in [6, 6.07) is 5.47. The van der Waals surface area contributed by atoms with Crippen LogP contribution < -0.4 is 4.74 Å². The van der Waals surface area contributed by atoms with Gasteiger partial charge in [0.15, 0.2) is 0 Å². The van der Waals surface area contributed by atoms with E-state index in [1.54, 1.807) is 6.07 Å². The first-order chi connectivity index (χ1) is 11.6. The van der Waals surface area contributed by atoms with Gasteiger partial charge < -0.3 is 14.6 Å². The van der Waals surface area contributed by atoms with Crippen molar-refractivity contribution in [3.63, 3.8) is 0 Å². The van der Waals surface area contributed by atoms with E-state index in [9.17, 15) is 4.79 Å². The highest BCUT2D eigenvalue weighted by molar-refractivity contribution is 6.31. The number of halogens is 1. The van der Waals surface area contributed by atoms with Crippen LogP contribution in [0.4, 0.5) is 0 Å². The molecule has 24 heavy (non-hydrogen) atoms. The number of carbonyl (C=O) groups is 1. The lowest BCUT2D eigenvalue weighted by atomic mass is 9.76. The molecule has 1 aliphatic heterocycles. The Balaban J connectivity index is 1.62. The lowest BCUT2D eigenvalue weighted by Gasteiger charge is -2.33. The number of carboxylic acids is 1. The van der Waals surface area contributed by atoms with Crippen LogP contribution in [0.2, 0.25) is 5.02 Å². The molecule has 130 valence electrons. The number of aryl methyl sites for hydroxylation is 1. The highest BCUT2D eigenvalue weighted by atomic mass is 35.5. The van der Waals surface area contributed by atoms with Crippen LogP contribution in [0.3, 0.4) is 0 Å². The van der Waals surface area contributed by atoms with E-state index in [1.807, 2.05) is 12.1 Å². The van der Waals surface area contributed by atoms with Crippen molar-refractivity contribution in [1.82, 2.24) is 0 Å². The number of benzene rings is 1. The third kappa shape index (κ3) is 4.31. The Morgan fingerprint density at radius 1 is 1.38 bits per heavy atom. The molecule has 0 aromatic heterocycles. The minimum absolute atomic E-state index is 0.0783. The lowest BCUT2D eigenvalue weighted by Crippen LogP contribution is -2.24. The largest absolute Gasteiger partial charge is 0.489 e. The monoisotopic (exact) mass is 350 g/mol. The molecule has 0 amide bonds. The quantitative estimate of drug-likeness (QED) is 0.747. The Bertz CT molecular complexity index is 634. The van der Waals surface area contributed by atoms with Crippen LogP contribution in [0.1, 0.15) is 37.7 Å². The molecule has 1 aromatic rings. The molecule has 0 spiro atoms. The molecule has 2 aliphatic rings. The van der Waals surface area contributed by atoms with E-state index in [0.29, 0.717) is 30.4 Å². The van der Waals surface area contributed by atoms with Gasteiger partial charge in [-0.2, -0.15) is 0 Å². The van der Waals surface area contributed by atoms with Crippen molar-refractivity contribution in [2.75, 3.05) is 19.8 Å². The predicted molar refractivity (Wildman–Crippen MR) is 92.7 cm³/mol. The molecule has 4 nitrogen and oxygen atoms in total. The van der Waals surface area contributed by atoms with Gasteiger partial charge in [0.2, 0.25) is 0 Å². The van der Waals surface area contributed by atoms with E-state index in [2.05, 4.69) is 0 Å². The van der Waals surface area contributed by atoms with Crippen molar-refractivity contribution in [2.45, 2.75) is 38.5 Å². The fourth-order valence-corrected chi connectivity index (χ4v) is 3.53. The van der Waals surface area contributed by atoms with Gasteiger partial charge >= 0.3 is 5.97 Å². The highest BCUT2D eigenvalue weighted by Crippen LogP contribution is 2.38. The molecule has 1 fully saturated rings. The van der Waals surface area contributed by atoms with Gasteiger partial charge in [0.1, 0.15) is 12.4 Å². The van der Waals surface area contributed by atoms with Crippen LogP contribution in [0, 0.1) is 5.92 Å². The first-order valence-corrected chi connectivity index (χ1v) is 8.93. The molecule has 1 aromatic carbocycles. The number of carboxylic acid groups (broad SMARTS) is 1. The Hall–Kier alpha value is -1.52. The van der Waals surface area contributed by atoms with Crippen molar-refractivity contribution >= 4 is 17.6 Å². The molecule has 0 radical (unpaired) electrons. The van der Waals surface area contributed by atoms with E-state index >= 15 is 0 Å². The van der Waals surface area contributed by atoms with Gasteiger partial charge in [-0.25, -0.2) is 0 Å². The summed E-state index contributed by atoms with van der Waals surface area (Å²) in [5, 5.41) is 9.32. The lowest BCUT2D eigenvalue weighted by molar-refractivity contribution is -0.136. The third-order valence-corrected chi connectivity index (χ3v) is 5.24. The number of ether oxygens (including phenoxy) is 2. The second-order valence-corrected chi connectivity index (χ2v) is 6.90. The zero-order valence-electron chi connectivity index (χ0n) is 13.7. The SMILES string of the molecule is O=C(O)CCc1ccc(OCC2=C(C3CCC3)CCOC2)cc1Cl. The molecule has 0 unspecified atom stereocenters. The molecule has 3 rings (SSSR count). The van der Waals surface area contributed by atoms with Crippen LogP contribution >= 0.6 is 11.6 Å². The topological polar surface area (TPSA) is 55.8 Å². The van der Waals surface area contributed by atoms with Gasteiger partial charge in [-0.05, 0) is 54.9 Å². The summed E-state index contributed by atoms with van der Waals surface area (Å²) in [5.41, 5.74) is 3.65. The normalized spacial score (nSPS) is 18.4. The fourth-order valence-electron chi connectivity index (χ4n) is 3.26. The number of rotatable bonds is 7. The van der Waals surface area contributed by atoms with Gasteiger partial charge in [0, 0.05) is 11.4 Å². The third-order valence-electron chi connectivity index (χ3n) is 4.89. The molecule has 1 saturated carbocycles. The second kappa shape index (κ2) is 8.04. The van der Waals surface area contributed by atoms with E-state index in [-0.39, 0.29) is 6.42 Å². The summed E-state index contributed by atoms with van der Waals surface area (Å²) < 4.78 is 11.5. The van der Waals surface area contributed by atoms with E-state index in [1.165, 1.54) is 30.4 Å². The van der Waals surface area contributed by atoms with Crippen LogP contribution in [-0.4, -0.2) is 30.9 Å². The van der Waals surface area contributed by atoms with Crippen molar-refractivity contribution in [2.24, 2.45) is 5.92 Å². The van der Waals surface area contributed by atoms with E-state index in [4.69, 9.17) is 26.2 Å². The molecule has 1 heterocycles. The Labute approximate surface area is 147 Å². The zero-order valence-corrected chi connectivity index (χ0v) is 14.5. The molecular weight excluding hydrogens is 328 g/mol. The second-order valence-electron chi connectivity index (χ2n) is 6.49. The Morgan fingerprint density at radius 2 is 2.21 bits per heavy atom. The molecule has 0 bridgehead atoms. The Morgan fingerprint density at radius 3 is 2.88 bits per heavy atom. The summed E-state index contributed by atoms with van der Waals surface area (Å²) in [7, 11) is 0. The molecule has 1 aliphatic carbocycles. The number of aliphatic carboxylic acids is 1. The maximum absolute atomic E-state index is 10.7. The molecule has 5 heteroatoms. The van der Waals surface area contributed by atoms with Crippen molar-refractivity contribution in [3.8, 4) is 5.75 Å². The van der Waals surface area contributed by atoms with Crippen LogP contribution in [-0.2, 0) is 16.0 Å². The molecule has 1 N–H and O–H groups in total. The summed E-state index contributed by atoms with van der Waals surface area (Å²) in [6.45, 7) is 2.02. The van der Waals surface area contributed by atoms with E-state index < -0.39 is 5.97 Å². The van der Waals surface area contributed by atoms with Crippen molar-refractivity contribution < 1.29 is 19.4 Å². The summed E-state index contributed by atoms with van der Waals surface area (Å²) >= 11 is 6.24. The van der Waals surface area contributed by atoms with Gasteiger partial charge in [0.05, 0.1) is 13.2 Å². The average molecular weight is 351 g/mol. The zero-order chi connectivity index (χ0) is 16.9.